The minimum atomic E-state index is -0.247. The van der Waals surface area contributed by atoms with Crippen LogP contribution in [0.25, 0.3) is 11.3 Å². The van der Waals surface area contributed by atoms with E-state index in [9.17, 15) is 4.79 Å². The molecule has 22 heavy (non-hydrogen) atoms. The molecule has 3 nitrogen and oxygen atoms in total. The summed E-state index contributed by atoms with van der Waals surface area (Å²) in [5, 5.41) is 2.63. The van der Waals surface area contributed by atoms with E-state index >= 15 is 0 Å². The number of benzene rings is 2. The predicted molar refractivity (Wildman–Crippen MR) is 90.1 cm³/mol. The van der Waals surface area contributed by atoms with Gasteiger partial charge in [-0.3, -0.25) is 4.79 Å². The first kappa shape index (κ1) is 14.8. The predicted octanol–water partition coefficient (Wildman–Crippen LogP) is 4.15. The highest BCUT2D eigenvalue weighted by Gasteiger charge is 2.09. The molecule has 0 spiro atoms. The van der Waals surface area contributed by atoms with Crippen molar-refractivity contribution < 1.29 is 4.79 Å². The number of thiazole rings is 1. The normalized spacial score (nSPS) is 11.6. The number of hydrogen-bond donors (Lipinski definition) is 0. The third-order valence-corrected chi connectivity index (χ3v) is 4.54. The summed E-state index contributed by atoms with van der Waals surface area (Å²) in [5.41, 5.74) is 2.45. The Hall–Kier alpha value is -2.17. The van der Waals surface area contributed by atoms with Gasteiger partial charge in [-0.1, -0.05) is 48.0 Å². The molecule has 0 aliphatic rings. The fraction of sp³-hybridized carbons (Fsp3) is 0.0588. The Bertz CT molecular complexity index is 881. The maximum absolute atomic E-state index is 12.2. The third kappa shape index (κ3) is 2.89. The van der Waals surface area contributed by atoms with Crippen LogP contribution in [0.5, 0.6) is 0 Å². The summed E-state index contributed by atoms with van der Waals surface area (Å²) in [6, 6.07) is 16.7. The lowest BCUT2D eigenvalue weighted by molar-refractivity contribution is 0.0998. The van der Waals surface area contributed by atoms with Crippen molar-refractivity contribution in [1.29, 1.82) is 0 Å². The number of carbonyl (C=O) groups excluding carboxylic acids is 1. The quantitative estimate of drug-likeness (QED) is 0.696. The van der Waals surface area contributed by atoms with Crippen molar-refractivity contribution in [3.05, 3.63) is 75.4 Å². The van der Waals surface area contributed by atoms with Gasteiger partial charge < -0.3 is 4.57 Å². The maximum Gasteiger partial charge on any atom is 0.279 e. The van der Waals surface area contributed by atoms with E-state index < -0.39 is 0 Å². The molecule has 0 bridgehead atoms. The first-order chi connectivity index (χ1) is 10.7. The standard InChI is InChI=1S/C17H13ClN2OS/c1-20-15(13-9-5-6-10-14(13)18)11-22-17(20)19-16(21)12-7-3-2-4-8-12/h2-11H,1H3/b19-17+. The second kappa shape index (κ2) is 6.30. The number of amides is 1. The number of nitrogens with zero attached hydrogens (tertiary/aromatic N) is 2. The molecule has 0 saturated heterocycles. The first-order valence-corrected chi connectivity index (χ1v) is 7.96. The maximum atomic E-state index is 12.2. The highest BCUT2D eigenvalue weighted by molar-refractivity contribution is 7.07. The Morgan fingerprint density at radius 2 is 1.77 bits per heavy atom. The number of carbonyl (C=O) groups is 1. The van der Waals surface area contributed by atoms with Crippen molar-refractivity contribution in [2.75, 3.05) is 0 Å². The lowest BCUT2D eigenvalue weighted by atomic mass is 10.2. The zero-order valence-corrected chi connectivity index (χ0v) is 13.4. The monoisotopic (exact) mass is 328 g/mol. The zero-order valence-electron chi connectivity index (χ0n) is 11.9. The molecule has 3 rings (SSSR count). The van der Waals surface area contributed by atoms with Crippen molar-refractivity contribution >= 4 is 28.8 Å². The molecule has 0 unspecified atom stereocenters. The van der Waals surface area contributed by atoms with Crippen LogP contribution in [0, 0.1) is 0 Å². The van der Waals surface area contributed by atoms with Gasteiger partial charge in [0.05, 0.1) is 5.69 Å². The van der Waals surface area contributed by atoms with Crippen LogP contribution in [0.4, 0.5) is 0 Å². The fourth-order valence-electron chi connectivity index (χ4n) is 2.12. The van der Waals surface area contributed by atoms with Crippen LogP contribution >= 0.6 is 22.9 Å². The van der Waals surface area contributed by atoms with E-state index in [0.29, 0.717) is 15.4 Å². The van der Waals surface area contributed by atoms with E-state index in [-0.39, 0.29) is 5.91 Å². The molecular formula is C17H13ClN2OS. The van der Waals surface area contributed by atoms with Gasteiger partial charge in [0, 0.05) is 28.6 Å². The van der Waals surface area contributed by atoms with Gasteiger partial charge in [-0.25, -0.2) is 0 Å². The number of rotatable bonds is 2. The van der Waals surface area contributed by atoms with Gasteiger partial charge in [0.25, 0.3) is 5.91 Å². The van der Waals surface area contributed by atoms with Gasteiger partial charge in [0.15, 0.2) is 4.80 Å². The van der Waals surface area contributed by atoms with Crippen molar-refractivity contribution in [2.45, 2.75) is 0 Å². The number of halogens is 1. The van der Waals surface area contributed by atoms with Crippen LogP contribution in [0.2, 0.25) is 5.02 Å². The molecular weight excluding hydrogens is 316 g/mol. The van der Waals surface area contributed by atoms with Crippen LogP contribution in [-0.2, 0) is 7.05 Å². The molecule has 0 radical (unpaired) electrons. The molecule has 0 fully saturated rings. The second-order valence-electron chi connectivity index (χ2n) is 4.73. The summed E-state index contributed by atoms with van der Waals surface area (Å²) in [4.78, 5) is 17.0. The van der Waals surface area contributed by atoms with Crippen LogP contribution in [0.1, 0.15) is 10.4 Å². The van der Waals surface area contributed by atoms with Crippen LogP contribution in [-0.4, -0.2) is 10.5 Å². The Kier molecular flexibility index (Phi) is 4.22. The van der Waals surface area contributed by atoms with E-state index in [0.717, 1.165) is 11.3 Å². The van der Waals surface area contributed by atoms with Crippen molar-refractivity contribution in [3.8, 4) is 11.3 Å². The molecule has 5 heteroatoms. The molecule has 0 N–H and O–H groups in total. The second-order valence-corrected chi connectivity index (χ2v) is 5.97. The van der Waals surface area contributed by atoms with E-state index in [1.54, 1.807) is 12.1 Å². The topological polar surface area (TPSA) is 34.4 Å². The minimum absolute atomic E-state index is 0.247. The highest BCUT2D eigenvalue weighted by Crippen LogP contribution is 2.27. The smallest absolute Gasteiger partial charge is 0.279 e. The lowest BCUT2D eigenvalue weighted by Crippen LogP contribution is -2.14. The van der Waals surface area contributed by atoms with Gasteiger partial charge in [0.2, 0.25) is 0 Å². The molecule has 1 aromatic heterocycles. The van der Waals surface area contributed by atoms with Crippen LogP contribution in [0.15, 0.2) is 65.0 Å². The lowest BCUT2D eigenvalue weighted by Gasteiger charge is -2.04. The van der Waals surface area contributed by atoms with E-state index in [1.165, 1.54) is 11.3 Å². The third-order valence-electron chi connectivity index (χ3n) is 3.29. The summed E-state index contributed by atoms with van der Waals surface area (Å²) in [7, 11) is 1.88. The van der Waals surface area contributed by atoms with E-state index in [2.05, 4.69) is 4.99 Å². The average molecular weight is 329 g/mol. The number of aromatic nitrogens is 1. The van der Waals surface area contributed by atoms with E-state index in [1.807, 2.05) is 59.5 Å². The molecule has 3 aromatic rings. The van der Waals surface area contributed by atoms with Gasteiger partial charge in [-0.05, 0) is 18.2 Å². The fourth-order valence-corrected chi connectivity index (χ4v) is 3.24. The SMILES string of the molecule is Cn1c(-c2ccccc2Cl)cs/c1=N/C(=O)c1ccccc1. The Morgan fingerprint density at radius 3 is 2.50 bits per heavy atom. The Labute approximate surface area is 137 Å². The number of hydrogen-bond acceptors (Lipinski definition) is 2. The molecule has 0 aliphatic carbocycles. The van der Waals surface area contributed by atoms with Gasteiger partial charge in [-0.15, -0.1) is 11.3 Å². The summed E-state index contributed by atoms with van der Waals surface area (Å²) in [5.74, 6) is -0.247. The largest absolute Gasteiger partial charge is 0.319 e. The summed E-state index contributed by atoms with van der Waals surface area (Å²) >= 11 is 7.65. The molecule has 1 amide bonds. The molecule has 0 aliphatic heterocycles. The molecule has 0 saturated carbocycles. The zero-order chi connectivity index (χ0) is 15.5. The summed E-state index contributed by atoms with van der Waals surface area (Å²) in [6.07, 6.45) is 0. The Morgan fingerprint density at radius 1 is 1.09 bits per heavy atom. The van der Waals surface area contributed by atoms with E-state index in [4.69, 9.17) is 11.6 Å². The van der Waals surface area contributed by atoms with Crippen LogP contribution < -0.4 is 4.80 Å². The molecule has 2 aromatic carbocycles. The van der Waals surface area contributed by atoms with Crippen molar-refractivity contribution in [2.24, 2.45) is 12.0 Å². The average Bonchev–Trinajstić information content (AvgIpc) is 2.90. The van der Waals surface area contributed by atoms with Gasteiger partial charge in [0.1, 0.15) is 0 Å². The van der Waals surface area contributed by atoms with Crippen molar-refractivity contribution in [1.82, 2.24) is 4.57 Å². The molecule has 0 atom stereocenters. The van der Waals surface area contributed by atoms with Gasteiger partial charge in [-0.2, -0.15) is 4.99 Å². The Balaban J connectivity index is 2.03. The van der Waals surface area contributed by atoms with Crippen molar-refractivity contribution in [3.63, 3.8) is 0 Å². The van der Waals surface area contributed by atoms with Crippen LogP contribution in [0.3, 0.4) is 0 Å². The highest BCUT2D eigenvalue weighted by atomic mass is 35.5. The molecule has 1 heterocycles. The van der Waals surface area contributed by atoms with Gasteiger partial charge >= 0.3 is 0 Å². The first-order valence-electron chi connectivity index (χ1n) is 6.70. The molecule has 110 valence electrons. The summed E-state index contributed by atoms with van der Waals surface area (Å²) < 4.78 is 1.88. The summed E-state index contributed by atoms with van der Waals surface area (Å²) in [6.45, 7) is 0. The minimum Gasteiger partial charge on any atom is -0.319 e.